The quantitative estimate of drug-likeness (QED) is 0.325. The van der Waals surface area contributed by atoms with Gasteiger partial charge in [0.1, 0.15) is 17.3 Å². The Morgan fingerprint density at radius 2 is 1.91 bits per heavy atom. The number of benzene rings is 2. The minimum atomic E-state index is -0.883. The van der Waals surface area contributed by atoms with Crippen LogP contribution in [0.3, 0.4) is 0 Å². The van der Waals surface area contributed by atoms with Crippen molar-refractivity contribution in [2.75, 3.05) is 6.61 Å². The van der Waals surface area contributed by atoms with Gasteiger partial charge < -0.3 is 14.7 Å². The number of rotatable bonds is 7. The van der Waals surface area contributed by atoms with Gasteiger partial charge in [0.25, 0.3) is 11.7 Å². The van der Waals surface area contributed by atoms with Gasteiger partial charge in [-0.05, 0) is 47.9 Å². The van der Waals surface area contributed by atoms with E-state index in [-0.39, 0.29) is 17.9 Å². The number of hydrogen-bond donors (Lipinski definition) is 1. The standard InChI is InChI=1S/C26H23FN2O4/c1-2-13-33-21-7-3-6-19(14-21)24(30)22-23(18-8-10-20(27)11-9-18)29(26(32)25(22)31)16-17-5-4-12-28-15-17/h3-12,14-15,23,30H,2,13,16H2,1H3. The molecule has 4 rings (SSSR count). The van der Waals surface area contributed by atoms with Crippen LogP contribution in [-0.4, -0.2) is 33.3 Å². The molecule has 1 aliphatic heterocycles. The fourth-order valence-electron chi connectivity index (χ4n) is 3.83. The molecule has 1 fully saturated rings. The maximum Gasteiger partial charge on any atom is 0.295 e. The molecule has 1 unspecified atom stereocenters. The van der Waals surface area contributed by atoms with Crippen LogP contribution in [0.5, 0.6) is 5.75 Å². The van der Waals surface area contributed by atoms with Crippen LogP contribution in [-0.2, 0) is 16.1 Å². The average molecular weight is 446 g/mol. The number of carbonyl (C=O) groups is 2. The fourth-order valence-corrected chi connectivity index (χ4v) is 3.83. The number of nitrogens with zero attached hydrogens (tertiary/aromatic N) is 2. The third kappa shape index (κ3) is 4.62. The number of halogens is 1. The lowest BCUT2D eigenvalue weighted by Crippen LogP contribution is -2.29. The number of carbonyl (C=O) groups excluding carboxylic acids is 2. The second kappa shape index (κ2) is 9.65. The SMILES string of the molecule is CCCOc1cccc(C(O)=C2C(=O)C(=O)N(Cc3cccnc3)C2c2ccc(F)cc2)c1. The fraction of sp³-hybridized carbons (Fsp3) is 0.192. The van der Waals surface area contributed by atoms with Gasteiger partial charge in [-0.25, -0.2) is 4.39 Å². The highest BCUT2D eigenvalue weighted by Crippen LogP contribution is 2.40. The van der Waals surface area contributed by atoms with Gasteiger partial charge in [0.05, 0.1) is 18.2 Å². The highest BCUT2D eigenvalue weighted by atomic mass is 19.1. The molecule has 2 heterocycles. The molecule has 3 aromatic rings. The molecule has 0 saturated carbocycles. The van der Waals surface area contributed by atoms with Gasteiger partial charge in [-0.2, -0.15) is 0 Å². The van der Waals surface area contributed by atoms with Crippen LogP contribution >= 0.6 is 0 Å². The number of hydrogen-bond acceptors (Lipinski definition) is 5. The number of amides is 1. The number of pyridine rings is 1. The van der Waals surface area contributed by atoms with Crippen LogP contribution in [0.1, 0.15) is 36.1 Å². The van der Waals surface area contributed by atoms with E-state index in [1.807, 2.05) is 6.92 Å². The summed E-state index contributed by atoms with van der Waals surface area (Å²) in [6.45, 7) is 2.60. The van der Waals surface area contributed by atoms with E-state index in [1.54, 1.807) is 48.8 Å². The zero-order chi connectivity index (χ0) is 23.4. The first-order valence-corrected chi connectivity index (χ1v) is 10.7. The summed E-state index contributed by atoms with van der Waals surface area (Å²) in [4.78, 5) is 31.6. The van der Waals surface area contributed by atoms with E-state index in [1.165, 1.54) is 29.2 Å². The third-order valence-corrected chi connectivity index (χ3v) is 5.38. The minimum absolute atomic E-state index is 0.0526. The van der Waals surface area contributed by atoms with Gasteiger partial charge in [-0.3, -0.25) is 14.6 Å². The summed E-state index contributed by atoms with van der Waals surface area (Å²) in [5, 5.41) is 11.2. The predicted octanol–water partition coefficient (Wildman–Crippen LogP) is 4.63. The summed E-state index contributed by atoms with van der Waals surface area (Å²) in [6.07, 6.45) is 4.04. The smallest absolute Gasteiger partial charge is 0.295 e. The van der Waals surface area contributed by atoms with Crippen LogP contribution in [0.25, 0.3) is 5.76 Å². The highest BCUT2D eigenvalue weighted by Gasteiger charge is 2.46. The Bertz CT molecular complexity index is 1190. The molecular weight excluding hydrogens is 423 g/mol. The van der Waals surface area contributed by atoms with E-state index in [0.29, 0.717) is 23.5 Å². The number of aliphatic hydroxyl groups is 1. The number of likely N-dealkylation sites (tertiary alicyclic amines) is 1. The highest BCUT2D eigenvalue weighted by molar-refractivity contribution is 6.46. The van der Waals surface area contributed by atoms with Crippen molar-refractivity contribution >= 4 is 17.4 Å². The first kappa shape index (κ1) is 22.2. The van der Waals surface area contributed by atoms with Crippen LogP contribution in [0.2, 0.25) is 0 Å². The number of aromatic nitrogens is 1. The summed E-state index contributed by atoms with van der Waals surface area (Å²) in [6, 6.07) is 14.9. The number of aliphatic hydroxyl groups excluding tert-OH is 1. The number of ketones is 1. The maximum atomic E-state index is 13.6. The molecule has 1 amide bonds. The van der Waals surface area contributed by atoms with Crippen LogP contribution in [0, 0.1) is 5.82 Å². The Kier molecular flexibility index (Phi) is 6.49. The number of Topliss-reactive ketones (excluding diaryl/α,β-unsaturated/α-hetero) is 1. The van der Waals surface area contributed by atoms with Crippen molar-refractivity contribution in [3.63, 3.8) is 0 Å². The molecule has 0 bridgehead atoms. The molecule has 1 N–H and O–H groups in total. The Balaban J connectivity index is 1.81. The van der Waals surface area contributed by atoms with E-state index in [2.05, 4.69) is 4.98 Å². The molecule has 1 atom stereocenters. The normalized spacial score (nSPS) is 17.4. The molecule has 0 spiro atoms. The first-order chi connectivity index (χ1) is 16.0. The van der Waals surface area contributed by atoms with Crippen LogP contribution in [0.15, 0.2) is 78.6 Å². The van der Waals surface area contributed by atoms with Gasteiger partial charge in [0, 0.05) is 24.5 Å². The second-order valence-electron chi connectivity index (χ2n) is 7.72. The second-order valence-corrected chi connectivity index (χ2v) is 7.72. The summed E-state index contributed by atoms with van der Waals surface area (Å²) < 4.78 is 19.2. The molecular formula is C26H23FN2O4. The Morgan fingerprint density at radius 1 is 1.12 bits per heavy atom. The molecule has 1 saturated heterocycles. The summed E-state index contributed by atoms with van der Waals surface area (Å²) >= 11 is 0. The van der Waals surface area contributed by atoms with Crippen LogP contribution < -0.4 is 4.74 Å². The van der Waals surface area contributed by atoms with Gasteiger partial charge in [-0.15, -0.1) is 0 Å². The molecule has 6 nitrogen and oxygen atoms in total. The zero-order valence-corrected chi connectivity index (χ0v) is 18.1. The van der Waals surface area contributed by atoms with E-state index in [4.69, 9.17) is 4.74 Å². The Labute approximate surface area is 191 Å². The maximum absolute atomic E-state index is 13.6. The van der Waals surface area contributed by atoms with E-state index < -0.39 is 23.5 Å². The van der Waals surface area contributed by atoms with Crippen LogP contribution in [0.4, 0.5) is 4.39 Å². The van der Waals surface area contributed by atoms with E-state index in [0.717, 1.165) is 12.0 Å². The third-order valence-electron chi connectivity index (χ3n) is 5.38. The topological polar surface area (TPSA) is 79.7 Å². The molecule has 1 aliphatic rings. The van der Waals surface area contributed by atoms with Gasteiger partial charge >= 0.3 is 0 Å². The summed E-state index contributed by atoms with van der Waals surface area (Å²) in [5.74, 6) is -1.75. The monoisotopic (exact) mass is 446 g/mol. The van der Waals surface area contributed by atoms with Crippen molar-refractivity contribution < 1.29 is 23.8 Å². The molecule has 0 aliphatic carbocycles. The predicted molar refractivity (Wildman–Crippen MR) is 121 cm³/mol. The average Bonchev–Trinajstić information content (AvgIpc) is 3.08. The van der Waals surface area contributed by atoms with Crippen molar-refractivity contribution in [2.24, 2.45) is 0 Å². The zero-order valence-electron chi connectivity index (χ0n) is 18.1. The molecule has 168 valence electrons. The van der Waals surface area contributed by atoms with E-state index >= 15 is 0 Å². The lowest BCUT2D eigenvalue weighted by atomic mass is 9.95. The number of ether oxygens (including phenoxy) is 1. The van der Waals surface area contributed by atoms with Gasteiger partial charge in [0.15, 0.2) is 0 Å². The molecule has 7 heteroatoms. The summed E-state index contributed by atoms with van der Waals surface area (Å²) in [7, 11) is 0. The van der Waals surface area contributed by atoms with Crippen molar-refractivity contribution in [2.45, 2.75) is 25.9 Å². The molecule has 2 aromatic carbocycles. The minimum Gasteiger partial charge on any atom is -0.507 e. The lowest BCUT2D eigenvalue weighted by Gasteiger charge is -2.25. The van der Waals surface area contributed by atoms with Crippen molar-refractivity contribution in [3.05, 3.63) is 101 Å². The Hall–Kier alpha value is -4.00. The molecule has 0 radical (unpaired) electrons. The molecule has 33 heavy (non-hydrogen) atoms. The van der Waals surface area contributed by atoms with Crippen molar-refractivity contribution in [1.82, 2.24) is 9.88 Å². The van der Waals surface area contributed by atoms with Gasteiger partial charge in [0.2, 0.25) is 0 Å². The lowest BCUT2D eigenvalue weighted by molar-refractivity contribution is -0.140. The largest absolute Gasteiger partial charge is 0.507 e. The van der Waals surface area contributed by atoms with E-state index in [9.17, 15) is 19.1 Å². The van der Waals surface area contributed by atoms with Crippen molar-refractivity contribution in [1.29, 1.82) is 0 Å². The van der Waals surface area contributed by atoms with Gasteiger partial charge in [-0.1, -0.05) is 37.3 Å². The first-order valence-electron chi connectivity index (χ1n) is 10.7. The summed E-state index contributed by atoms with van der Waals surface area (Å²) in [5.41, 5.74) is 1.54. The van der Waals surface area contributed by atoms with Crippen molar-refractivity contribution in [3.8, 4) is 5.75 Å². The Morgan fingerprint density at radius 3 is 2.61 bits per heavy atom. The molecule has 1 aromatic heterocycles.